The molecule has 1 saturated heterocycles. The van der Waals surface area contributed by atoms with Gasteiger partial charge in [-0.1, -0.05) is 18.2 Å². The van der Waals surface area contributed by atoms with Gasteiger partial charge in [-0.2, -0.15) is 5.10 Å². The van der Waals surface area contributed by atoms with Crippen molar-refractivity contribution in [2.75, 3.05) is 31.1 Å². The quantitative estimate of drug-likeness (QED) is 0.459. The topological polar surface area (TPSA) is 67.4 Å². The molecular weight excluding hydrogens is 422 g/mol. The largest absolute Gasteiger partial charge is 0.460 e. The Balaban J connectivity index is 1.44. The standard InChI is InChI=1S/C24H25N5O2S/c1-17-16-32-24(25-17)28-12-6-11-27(13-14-28)23(30)20-15-29(19-7-4-3-5-8-19)26-22(20)21-10-9-18(2)31-21/h3-5,7-10,15-16H,6,11-14H2,1-2H3. The molecule has 1 amide bonds. The fourth-order valence-electron chi connectivity index (χ4n) is 3.96. The van der Waals surface area contributed by atoms with Crippen molar-refractivity contribution in [3.05, 3.63) is 71.1 Å². The number of carbonyl (C=O) groups excluding carboxylic acids is 1. The Morgan fingerprint density at radius 1 is 1.03 bits per heavy atom. The minimum atomic E-state index is -0.0200. The maximum atomic E-state index is 13.6. The fourth-order valence-corrected chi connectivity index (χ4v) is 4.81. The molecule has 0 radical (unpaired) electrons. The van der Waals surface area contributed by atoms with E-state index >= 15 is 0 Å². The molecule has 0 spiro atoms. The number of hydrogen-bond acceptors (Lipinski definition) is 6. The van der Waals surface area contributed by atoms with Crippen LogP contribution in [0.4, 0.5) is 5.13 Å². The van der Waals surface area contributed by atoms with Gasteiger partial charge in [0.05, 0.1) is 16.9 Å². The zero-order valence-electron chi connectivity index (χ0n) is 18.2. The molecule has 1 aliphatic heterocycles. The predicted molar refractivity (Wildman–Crippen MR) is 126 cm³/mol. The third-order valence-corrected chi connectivity index (χ3v) is 6.62. The molecule has 5 rings (SSSR count). The van der Waals surface area contributed by atoms with Crippen LogP contribution in [0.2, 0.25) is 0 Å². The fraction of sp³-hybridized carbons (Fsp3) is 0.292. The monoisotopic (exact) mass is 447 g/mol. The van der Waals surface area contributed by atoms with E-state index in [1.165, 1.54) is 0 Å². The predicted octanol–water partition coefficient (Wildman–Crippen LogP) is 4.56. The summed E-state index contributed by atoms with van der Waals surface area (Å²) in [7, 11) is 0. The van der Waals surface area contributed by atoms with Crippen molar-refractivity contribution in [3.8, 4) is 17.1 Å². The number of nitrogens with zero attached hydrogens (tertiary/aromatic N) is 5. The van der Waals surface area contributed by atoms with Gasteiger partial charge in [-0.15, -0.1) is 11.3 Å². The van der Waals surface area contributed by atoms with Gasteiger partial charge in [-0.3, -0.25) is 4.79 Å². The number of amides is 1. The summed E-state index contributed by atoms with van der Waals surface area (Å²) in [6, 6.07) is 13.6. The van der Waals surface area contributed by atoms with Crippen molar-refractivity contribution in [3.63, 3.8) is 0 Å². The summed E-state index contributed by atoms with van der Waals surface area (Å²) in [6.45, 7) is 6.90. The van der Waals surface area contributed by atoms with Crippen molar-refractivity contribution < 1.29 is 9.21 Å². The second-order valence-electron chi connectivity index (χ2n) is 7.99. The molecule has 32 heavy (non-hydrogen) atoms. The van der Waals surface area contributed by atoms with Gasteiger partial charge < -0.3 is 14.2 Å². The molecule has 3 aromatic heterocycles. The number of para-hydroxylation sites is 1. The second kappa shape index (κ2) is 8.63. The van der Waals surface area contributed by atoms with Crippen LogP contribution in [0.3, 0.4) is 0 Å². The Morgan fingerprint density at radius 2 is 1.88 bits per heavy atom. The Morgan fingerprint density at radius 3 is 2.59 bits per heavy atom. The maximum absolute atomic E-state index is 13.6. The Kier molecular flexibility index (Phi) is 5.53. The third kappa shape index (κ3) is 4.05. The number of thiazole rings is 1. The molecule has 1 aliphatic rings. The normalized spacial score (nSPS) is 14.6. The highest BCUT2D eigenvalue weighted by molar-refractivity contribution is 7.13. The van der Waals surface area contributed by atoms with Crippen LogP contribution in [0.15, 0.2) is 58.5 Å². The van der Waals surface area contributed by atoms with Crippen molar-refractivity contribution in [2.24, 2.45) is 0 Å². The van der Waals surface area contributed by atoms with Crippen LogP contribution in [0.5, 0.6) is 0 Å². The lowest BCUT2D eigenvalue weighted by molar-refractivity contribution is 0.0767. The van der Waals surface area contributed by atoms with Crippen LogP contribution in [-0.2, 0) is 0 Å². The van der Waals surface area contributed by atoms with Gasteiger partial charge in [0.25, 0.3) is 5.91 Å². The zero-order valence-corrected chi connectivity index (χ0v) is 19.0. The van der Waals surface area contributed by atoms with Crippen molar-refractivity contribution >= 4 is 22.4 Å². The highest BCUT2D eigenvalue weighted by atomic mass is 32.1. The molecule has 1 fully saturated rings. The summed E-state index contributed by atoms with van der Waals surface area (Å²) in [5.41, 5.74) is 3.07. The first-order valence-corrected chi connectivity index (χ1v) is 11.6. The summed E-state index contributed by atoms with van der Waals surface area (Å²) >= 11 is 1.66. The Bertz CT molecular complexity index is 1230. The van der Waals surface area contributed by atoms with Crippen LogP contribution in [-0.4, -0.2) is 51.8 Å². The average molecular weight is 448 g/mol. The van der Waals surface area contributed by atoms with Crippen LogP contribution < -0.4 is 4.90 Å². The molecule has 0 unspecified atom stereocenters. The first-order chi connectivity index (χ1) is 15.6. The second-order valence-corrected chi connectivity index (χ2v) is 8.82. The number of aryl methyl sites for hydroxylation is 2. The average Bonchev–Trinajstić information content (AvgIpc) is 3.50. The molecule has 0 bridgehead atoms. The van der Waals surface area contributed by atoms with Gasteiger partial charge in [0.15, 0.2) is 10.9 Å². The molecule has 0 aliphatic carbocycles. The third-order valence-electron chi connectivity index (χ3n) is 5.60. The van der Waals surface area contributed by atoms with E-state index in [2.05, 4.69) is 15.3 Å². The van der Waals surface area contributed by atoms with E-state index in [1.807, 2.05) is 67.4 Å². The van der Waals surface area contributed by atoms with Crippen LogP contribution in [0, 0.1) is 13.8 Å². The van der Waals surface area contributed by atoms with Gasteiger partial charge in [-0.25, -0.2) is 9.67 Å². The van der Waals surface area contributed by atoms with E-state index in [-0.39, 0.29) is 5.91 Å². The zero-order chi connectivity index (χ0) is 22.1. The Labute approximate surface area is 190 Å². The van der Waals surface area contributed by atoms with Gasteiger partial charge in [0.2, 0.25) is 0 Å². The van der Waals surface area contributed by atoms with E-state index < -0.39 is 0 Å². The molecule has 7 nitrogen and oxygen atoms in total. The first-order valence-electron chi connectivity index (χ1n) is 10.8. The van der Waals surface area contributed by atoms with Crippen molar-refractivity contribution in [1.82, 2.24) is 19.7 Å². The lowest BCUT2D eigenvalue weighted by Crippen LogP contribution is -2.35. The number of hydrogen-bond donors (Lipinski definition) is 0. The SMILES string of the molecule is Cc1csc(N2CCCN(C(=O)c3cn(-c4ccccc4)nc3-c3ccc(C)o3)CC2)n1. The number of benzene rings is 1. The number of carbonyl (C=O) groups is 1. The number of furan rings is 1. The summed E-state index contributed by atoms with van der Waals surface area (Å²) in [5, 5.41) is 7.82. The molecule has 0 saturated carbocycles. The van der Waals surface area contributed by atoms with E-state index in [4.69, 9.17) is 9.52 Å². The van der Waals surface area contributed by atoms with Crippen LogP contribution in [0.25, 0.3) is 17.1 Å². The molecule has 0 atom stereocenters. The minimum absolute atomic E-state index is 0.0200. The molecule has 164 valence electrons. The van der Waals surface area contributed by atoms with Gasteiger partial charge in [0.1, 0.15) is 11.5 Å². The van der Waals surface area contributed by atoms with E-state index in [0.717, 1.165) is 41.8 Å². The van der Waals surface area contributed by atoms with Crippen LogP contribution in [0.1, 0.15) is 28.2 Å². The number of aromatic nitrogens is 3. The molecule has 8 heteroatoms. The summed E-state index contributed by atoms with van der Waals surface area (Å²) in [6.07, 6.45) is 2.71. The smallest absolute Gasteiger partial charge is 0.257 e. The van der Waals surface area contributed by atoms with Gasteiger partial charge in [0, 0.05) is 37.8 Å². The highest BCUT2D eigenvalue weighted by Gasteiger charge is 2.27. The van der Waals surface area contributed by atoms with E-state index in [9.17, 15) is 4.79 Å². The summed E-state index contributed by atoms with van der Waals surface area (Å²) in [4.78, 5) is 22.5. The molecule has 1 aromatic carbocycles. The number of anilines is 1. The van der Waals surface area contributed by atoms with Gasteiger partial charge in [-0.05, 0) is 44.5 Å². The molecule has 0 N–H and O–H groups in total. The number of rotatable bonds is 4. The summed E-state index contributed by atoms with van der Waals surface area (Å²) in [5.74, 6) is 1.38. The van der Waals surface area contributed by atoms with Crippen molar-refractivity contribution in [1.29, 1.82) is 0 Å². The molecule has 4 heterocycles. The van der Waals surface area contributed by atoms with Crippen molar-refractivity contribution in [2.45, 2.75) is 20.3 Å². The van der Waals surface area contributed by atoms with Gasteiger partial charge >= 0.3 is 0 Å². The highest BCUT2D eigenvalue weighted by Crippen LogP contribution is 2.28. The minimum Gasteiger partial charge on any atom is -0.460 e. The Hall–Kier alpha value is -3.39. The summed E-state index contributed by atoms with van der Waals surface area (Å²) < 4.78 is 7.59. The molecule has 4 aromatic rings. The lowest BCUT2D eigenvalue weighted by Gasteiger charge is -2.21. The lowest BCUT2D eigenvalue weighted by atomic mass is 10.2. The molecular formula is C24H25N5O2S. The maximum Gasteiger partial charge on any atom is 0.257 e. The van der Waals surface area contributed by atoms with E-state index in [1.54, 1.807) is 16.0 Å². The van der Waals surface area contributed by atoms with E-state index in [0.29, 0.717) is 30.1 Å². The first kappa shape index (κ1) is 20.5. The van der Waals surface area contributed by atoms with Crippen LogP contribution >= 0.6 is 11.3 Å².